The van der Waals surface area contributed by atoms with Crippen molar-refractivity contribution in [3.05, 3.63) is 53.1 Å². The first-order valence-electron chi connectivity index (χ1n) is 9.22. The molecular formula is C21H22F2N2O2. The van der Waals surface area contributed by atoms with Crippen LogP contribution in [0.15, 0.2) is 30.3 Å². The molecule has 6 heteroatoms. The van der Waals surface area contributed by atoms with Crippen molar-refractivity contribution in [2.75, 3.05) is 23.3 Å². The van der Waals surface area contributed by atoms with E-state index in [0.717, 1.165) is 30.8 Å². The monoisotopic (exact) mass is 372 g/mol. The fraction of sp³-hybridized carbons (Fsp3) is 0.381. The second-order valence-electron chi connectivity index (χ2n) is 7.51. The van der Waals surface area contributed by atoms with Crippen LogP contribution in [0, 0.1) is 24.5 Å². The van der Waals surface area contributed by atoms with Crippen LogP contribution in [-0.2, 0) is 11.2 Å². The number of carbonyl (C=O) groups is 1. The minimum Gasteiger partial charge on any atom is -0.480 e. The molecule has 2 atom stereocenters. The number of hydrogen-bond donors (Lipinski definition) is 1. The molecule has 2 aliphatic heterocycles. The van der Waals surface area contributed by atoms with Crippen molar-refractivity contribution < 1.29 is 18.3 Å². The lowest BCUT2D eigenvalue weighted by Gasteiger charge is -2.20. The van der Waals surface area contributed by atoms with Crippen molar-refractivity contribution in [1.29, 1.82) is 0 Å². The molecular weight excluding hydrogens is 350 g/mol. The first-order valence-corrected chi connectivity index (χ1v) is 9.22. The molecule has 142 valence electrons. The summed E-state index contributed by atoms with van der Waals surface area (Å²) in [6.07, 6.45) is 0.409. The number of benzene rings is 2. The van der Waals surface area contributed by atoms with E-state index in [2.05, 4.69) is 17.1 Å². The van der Waals surface area contributed by atoms with Gasteiger partial charge in [-0.25, -0.2) is 8.78 Å². The van der Waals surface area contributed by atoms with E-state index >= 15 is 0 Å². The number of anilines is 2. The standard InChI is InChI=1S/C21H22F2N2O2/c1-12-5-6-25(11-12)16-8-14(22)7-15(9-16)24-21(26)19-10-17-18(23)4-3-13(2)20(17)27-19/h3-4,7-9,12,19H,5-6,10-11H2,1-2H3,(H,24,26)/t12-,19?/m1/s1. The van der Waals surface area contributed by atoms with Crippen LogP contribution < -0.4 is 15.0 Å². The van der Waals surface area contributed by atoms with E-state index in [4.69, 9.17) is 4.74 Å². The lowest BCUT2D eigenvalue weighted by molar-refractivity contribution is -0.122. The van der Waals surface area contributed by atoms with Crippen molar-refractivity contribution in [1.82, 2.24) is 0 Å². The Labute approximate surface area is 157 Å². The first kappa shape index (κ1) is 17.8. The van der Waals surface area contributed by atoms with Crippen LogP contribution in [0.5, 0.6) is 5.75 Å². The fourth-order valence-corrected chi connectivity index (χ4v) is 3.81. The summed E-state index contributed by atoms with van der Waals surface area (Å²) in [5.41, 5.74) is 2.34. The van der Waals surface area contributed by atoms with Gasteiger partial charge in [0.25, 0.3) is 5.91 Å². The quantitative estimate of drug-likeness (QED) is 0.883. The Bertz CT molecular complexity index is 869. The van der Waals surface area contributed by atoms with E-state index in [0.29, 0.717) is 22.9 Å². The zero-order chi connectivity index (χ0) is 19.1. The minimum absolute atomic E-state index is 0.167. The molecule has 0 bridgehead atoms. The number of ether oxygens (including phenoxy) is 1. The molecule has 1 unspecified atom stereocenters. The van der Waals surface area contributed by atoms with Gasteiger partial charge in [0.1, 0.15) is 17.4 Å². The van der Waals surface area contributed by atoms with E-state index in [-0.39, 0.29) is 12.2 Å². The number of carbonyl (C=O) groups excluding carboxylic acids is 1. The Morgan fingerprint density at radius 2 is 2.07 bits per heavy atom. The number of nitrogens with one attached hydrogen (secondary N) is 1. The Hall–Kier alpha value is -2.63. The smallest absolute Gasteiger partial charge is 0.265 e. The average Bonchev–Trinajstić information content (AvgIpc) is 3.25. The lowest BCUT2D eigenvalue weighted by Crippen LogP contribution is -2.31. The Morgan fingerprint density at radius 3 is 2.78 bits per heavy atom. The zero-order valence-electron chi connectivity index (χ0n) is 15.4. The summed E-state index contributed by atoms with van der Waals surface area (Å²) >= 11 is 0. The van der Waals surface area contributed by atoms with Gasteiger partial charge in [0.2, 0.25) is 0 Å². The Balaban J connectivity index is 1.50. The summed E-state index contributed by atoms with van der Waals surface area (Å²) in [4.78, 5) is 14.7. The Kier molecular flexibility index (Phi) is 4.50. The number of rotatable bonds is 3. The van der Waals surface area contributed by atoms with Gasteiger partial charge in [-0.3, -0.25) is 4.79 Å². The van der Waals surface area contributed by atoms with Crippen LogP contribution in [0.25, 0.3) is 0 Å². The molecule has 0 spiro atoms. The maximum atomic E-state index is 14.1. The molecule has 27 heavy (non-hydrogen) atoms. The number of amides is 1. The highest BCUT2D eigenvalue weighted by molar-refractivity contribution is 5.95. The van der Waals surface area contributed by atoms with Gasteiger partial charge >= 0.3 is 0 Å². The topological polar surface area (TPSA) is 41.6 Å². The van der Waals surface area contributed by atoms with Gasteiger partial charge in [0, 0.05) is 36.4 Å². The van der Waals surface area contributed by atoms with Gasteiger partial charge in [-0.1, -0.05) is 13.0 Å². The van der Waals surface area contributed by atoms with Crippen molar-refractivity contribution in [2.24, 2.45) is 5.92 Å². The van der Waals surface area contributed by atoms with Crippen LogP contribution >= 0.6 is 0 Å². The van der Waals surface area contributed by atoms with Gasteiger partial charge in [0.05, 0.1) is 0 Å². The summed E-state index contributed by atoms with van der Waals surface area (Å²) in [6.45, 7) is 5.72. The second-order valence-corrected chi connectivity index (χ2v) is 7.51. The largest absolute Gasteiger partial charge is 0.480 e. The molecule has 1 N–H and O–H groups in total. The molecule has 2 aromatic rings. The highest BCUT2D eigenvalue weighted by Crippen LogP contribution is 2.35. The lowest BCUT2D eigenvalue weighted by atomic mass is 10.1. The van der Waals surface area contributed by atoms with Gasteiger partial charge in [0.15, 0.2) is 6.10 Å². The molecule has 4 rings (SSSR count). The molecule has 2 aromatic carbocycles. The molecule has 0 radical (unpaired) electrons. The molecule has 0 aliphatic carbocycles. The average molecular weight is 372 g/mol. The van der Waals surface area contributed by atoms with Gasteiger partial charge in [-0.15, -0.1) is 0 Å². The SMILES string of the molecule is Cc1ccc(F)c2c1OC(C(=O)Nc1cc(F)cc(N3CC[C@@H](C)C3)c1)C2. The number of halogens is 2. The van der Waals surface area contributed by atoms with E-state index in [1.54, 1.807) is 12.1 Å². The maximum Gasteiger partial charge on any atom is 0.265 e. The number of nitrogens with zero attached hydrogens (tertiary/aromatic N) is 1. The highest BCUT2D eigenvalue weighted by Gasteiger charge is 2.32. The van der Waals surface area contributed by atoms with E-state index in [1.165, 1.54) is 18.2 Å². The first-order chi connectivity index (χ1) is 12.9. The molecule has 0 aromatic heterocycles. The number of hydrogen-bond acceptors (Lipinski definition) is 3. The van der Waals surface area contributed by atoms with Crippen LogP contribution in [-0.4, -0.2) is 25.1 Å². The van der Waals surface area contributed by atoms with Gasteiger partial charge < -0.3 is 15.0 Å². The third kappa shape index (κ3) is 3.48. The highest BCUT2D eigenvalue weighted by atomic mass is 19.1. The van der Waals surface area contributed by atoms with Crippen LogP contribution in [0.3, 0.4) is 0 Å². The van der Waals surface area contributed by atoms with E-state index < -0.39 is 17.8 Å². The van der Waals surface area contributed by atoms with E-state index in [9.17, 15) is 13.6 Å². The van der Waals surface area contributed by atoms with E-state index in [1.807, 2.05) is 6.92 Å². The van der Waals surface area contributed by atoms with Crippen LogP contribution in [0.1, 0.15) is 24.5 Å². The second kappa shape index (κ2) is 6.83. The summed E-state index contributed by atoms with van der Waals surface area (Å²) in [5.74, 6) is -0.186. The fourth-order valence-electron chi connectivity index (χ4n) is 3.81. The summed E-state index contributed by atoms with van der Waals surface area (Å²) < 4.78 is 33.7. The third-order valence-electron chi connectivity index (χ3n) is 5.28. The van der Waals surface area contributed by atoms with Gasteiger partial charge in [-0.2, -0.15) is 0 Å². The summed E-state index contributed by atoms with van der Waals surface area (Å²) in [5, 5.41) is 2.72. The Morgan fingerprint density at radius 1 is 1.26 bits per heavy atom. The molecule has 4 nitrogen and oxygen atoms in total. The molecule has 2 aliphatic rings. The number of aryl methyl sites for hydroxylation is 1. The minimum atomic E-state index is -0.825. The van der Waals surface area contributed by atoms with Crippen molar-refractivity contribution in [3.8, 4) is 5.75 Å². The van der Waals surface area contributed by atoms with Crippen molar-refractivity contribution in [2.45, 2.75) is 32.8 Å². The third-order valence-corrected chi connectivity index (χ3v) is 5.28. The zero-order valence-corrected chi connectivity index (χ0v) is 15.4. The normalized spacial score (nSPS) is 21.1. The number of fused-ring (bicyclic) bond motifs is 1. The molecule has 2 heterocycles. The molecule has 1 fully saturated rings. The van der Waals surface area contributed by atoms with Crippen LogP contribution in [0.2, 0.25) is 0 Å². The predicted molar refractivity (Wildman–Crippen MR) is 100 cm³/mol. The summed E-state index contributed by atoms with van der Waals surface area (Å²) in [6, 6.07) is 7.55. The van der Waals surface area contributed by atoms with Crippen molar-refractivity contribution in [3.63, 3.8) is 0 Å². The molecule has 1 amide bonds. The maximum absolute atomic E-state index is 14.1. The molecule has 0 saturated carbocycles. The van der Waals surface area contributed by atoms with Crippen LogP contribution in [0.4, 0.5) is 20.2 Å². The molecule has 1 saturated heterocycles. The predicted octanol–water partition coefficient (Wildman–Crippen LogP) is 4.06. The van der Waals surface area contributed by atoms with Crippen molar-refractivity contribution >= 4 is 17.3 Å². The van der Waals surface area contributed by atoms with Gasteiger partial charge in [-0.05, 0) is 49.1 Å². The summed E-state index contributed by atoms with van der Waals surface area (Å²) in [7, 11) is 0.